The quantitative estimate of drug-likeness (QED) is 0.0407. The Morgan fingerprint density at radius 1 is 0.912 bits per heavy atom. The first-order chi connectivity index (χ1) is 27.1. The molecular formula is C45H57N5O6Si. The number of likely N-dealkylation sites (tertiary alicyclic amines) is 1. The Morgan fingerprint density at radius 3 is 2.32 bits per heavy atom. The first kappa shape index (κ1) is 42.8. The zero-order chi connectivity index (χ0) is 41.2. The lowest BCUT2D eigenvalue weighted by molar-refractivity contribution is -0.116. The van der Waals surface area contributed by atoms with Gasteiger partial charge >= 0.3 is 6.09 Å². The Hall–Kier alpha value is -5.30. The van der Waals surface area contributed by atoms with Crippen molar-refractivity contribution in [2.45, 2.75) is 84.2 Å². The average Bonchev–Trinajstić information content (AvgIpc) is 3.17. The molecule has 0 aromatic heterocycles. The molecule has 1 aliphatic rings. The van der Waals surface area contributed by atoms with Gasteiger partial charge in [-0.2, -0.15) is 0 Å². The van der Waals surface area contributed by atoms with Gasteiger partial charge in [0.1, 0.15) is 11.9 Å². The number of aromatic hydroxyl groups is 1. The molecule has 4 aromatic rings. The second-order valence-corrected chi connectivity index (χ2v) is 21.0. The monoisotopic (exact) mass is 791 g/mol. The Labute approximate surface area is 338 Å². The molecule has 0 aliphatic carbocycles. The summed E-state index contributed by atoms with van der Waals surface area (Å²) in [5, 5.41) is 18.8. The van der Waals surface area contributed by atoms with E-state index in [9.17, 15) is 19.5 Å². The number of aryl methyl sites for hydroxylation is 2. The minimum atomic E-state index is -2.21. The molecule has 0 bridgehead atoms. The summed E-state index contributed by atoms with van der Waals surface area (Å²) in [5.74, 6) is -0.0780. The number of phenols is 1. The molecule has 0 spiro atoms. The van der Waals surface area contributed by atoms with Gasteiger partial charge in [0.15, 0.2) is 8.32 Å². The Bertz CT molecular complexity index is 2040. The Morgan fingerprint density at radius 2 is 1.61 bits per heavy atom. The van der Waals surface area contributed by atoms with Crippen LogP contribution in [0.2, 0.25) is 18.1 Å². The molecule has 11 nitrogen and oxygen atoms in total. The molecule has 1 aliphatic heterocycles. The zero-order valence-corrected chi connectivity index (χ0v) is 35.2. The number of hydrogen-bond donors (Lipinski definition) is 4. The summed E-state index contributed by atoms with van der Waals surface area (Å²) in [6.45, 7) is 17.3. The van der Waals surface area contributed by atoms with Crippen molar-refractivity contribution < 1.29 is 28.7 Å². The normalized spacial score (nSPS) is 14.6. The standard InChI is InChI=1S/C45H57N5O6Si/c1-31-26-39(32(2)25-35(31)28-46-29-42(56-57(6,7)45(3,4)5)34-17-18-41(52)40(27-34)47-30-51)48-43(53)21-24-50-22-19-36(20-23-50)55-44(54)49-38-16-12-11-15-37(38)33-13-9-8-10-14-33/h8-18,25-28,30,36,42,52H,19-24,29H2,1-7H3,(H,47,51)(H,48,53)(H,49,54)/t42-/m0/s1. The van der Waals surface area contributed by atoms with E-state index in [2.05, 4.69) is 54.7 Å². The summed E-state index contributed by atoms with van der Waals surface area (Å²) in [5.41, 5.74) is 7.38. The first-order valence-electron chi connectivity index (χ1n) is 19.6. The maximum Gasteiger partial charge on any atom is 0.411 e. The van der Waals surface area contributed by atoms with Crippen molar-refractivity contribution in [3.63, 3.8) is 0 Å². The number of piperidine rings is 1. The molecule has 5 rings (SSSR count). The van der Waals surface area contributed by atoms with Crippen molar-refractivity contribution in [3.8, 4) is 16.9 Å². The van der Waals surface area contributed by atoms with Crippen LogP contribution < -0.4 is 16.0 Å². The predicted octanol–water partition coefficient (Wildman–Crippen LogP) is 9.47. The molecule has 0 radical (unpaired) electrons. The average molecular weight is 792 g/mol. The second kappa shape index (κ2) is 19.2. The summed E-state index contributed by atoms with van der Waals surface area (Å²) in [6.07, 6.45) is 3.09. The molecular weight excluding hydrogens is 735 g/mol. The largest absolute Gasteiger partial charge is 0.506 e. The fourth-order valence-corrected chi connectivity index (χ4v) is 7.79. The van der Waals surface area contributed by atoms with Gasteiger partial charge in [-0.05, 0) is 103 Å². The van der Waals surface area contributed by atoms with E-state index in [1.54, 1.807) is 18.2 Å². The smallest absolute Gasteiger partial charge is 0.411 e. The van der Waals surface area contributed by atoms with Crippen LogP contribution in [0, 0.1) is 13.8 Å². The third kappa shape index (κ3) is 11.9. The van der Waals surface area contributed by atoms with E-state index in [4.69, 9.17) is 14.2 Å². The van der Waals surface area contributed by atoms with Crippen molar-refractivity contribution >= 4 is 50.0 Å². The van der Waals surface area contributed by atoms with E-state index in [1.807, 2.05) is 86.8 Å². The maximum atomic E-state index is 13.1. The lowest BCUT2D eigenvalue weighted by Gasteiger charge is -2.39. The summed E-state index contributed by atoms with van der Waals surface area (Å²) in [4.78, 5) is 44.1. The number of aliphatic imine (C=N–C) groups is 1. The predicted molar refractivity (Wildman–Crippen MR) is 232 cm³/mol. The van der Waals surface area contributed by atoms with E-state index in [0.717, 1.165) is 52.2 Å². The lowest BCUT2D eigenvalue weighted by Crippen LogP contribution is -2.42. The summed E-state index contributed by atoms with van der Waals surface area (Å²) in [6, 6.07) is 26.7. The van der Waals surface area contributed by atoms with Gasteiger partial charge in [-0.15, -0.1) is 0 Å². The van der Waals surface area contributed by atoms with Gasteiger partial charge in [0, 0.05) is 43.5 Å². The molecule has 0 saturated carbocycles. The zero-order valence-electron chi connectivity index (χ0n) is 34.2. The van der Waals surface area contributed by atoms with Crippen LogP contribution in [0.1, 0.15) is 68.4 Å². The van der Waals surface area contributed by atoms with Crippen molar-refractivity contribution in [3.05, 3.63) is 107 Å². The lowest BCUT2D eigenvalue weighted by atomic mass is 10.0. The number of amides is 3. The summed E-state index contributed by atoms with van der Waals surface area (Å²) < 4.78 is 12.6. The molecule has 0 unspecified atom stereocenters. The number of hydrogen-bond acceptors (Lipinski definition) is 8. The van der Waals surface area contributed by atoms with Crippen LogP contribution in [-0.4, -0.2) is 75.2 Å². The molecule has 4 aromatic carbocycles. The van der Waals surface area contributed by atoms with Crippen molar-refractivity contribution in [2.75, 3.05) is 42.1 Å². The van der Waals surface area contributed by atoms with Crippen LogP contribution in [0.15, 0.2) is 89.9 Å². The van der Waals surface area contributed by atoms with Crippen LogP contribution in [0.3, 0.4) is 0 Å². The third-order valence-corrected chi connectivity index (χ3v) is 15.4. The number of carbonyl (C=O) groups excluding carboxylic acids is 3. The first-order valence-corrected chi connectivity index (χ1v) is 22.5. The molecule has 302 valence electrons. The third-order valence-electron chi connectivity index (χ3n) is 11.0. The minimum absolute atomic E-state index is 0.0193. The Kier molecular flexibility index (Phi) is 14.4. The highest BCUT2D eigenvalue weighted by Crippen LogP contribution is 2.40. The number of rotatable bonds is 15. The van der Waals surface area contributed by atoms with Crippen molar-refractivity contribution in [2.24, 2.45) is 4.99 Å². The van der Waals surface area contributed by atoms with Gasteiger partial charge in [0.2, 0.25) is 12.3 Å². The molecule has 12 heteroatoms. The fraction of sp³-hybridized carbons (Fsp3) is 0.378. The SMILES string of the molecule is Cc1cc(NC(=O)CCN2CCC(OC(=O)Nc3ccccc3-c3ccccc3)CC2)c(C)cc1C=NC[C@H](O[Si](C)(C)C(C)(C)C)c1ccc(O)c(NC=O)c1. The van der Waals surface area contributed by atoms with Gasteiger partial charge in [-0.25, -0.2) is 4.79 Å². The van der Waals surface area contributed by atoms with Crippen LogP contribution in [0.4, 0.5) is 21.9 Å². The number of benzene rings is 4. The summed E-state index contributed by atoms with van der Waals surface area (Å²) in [7, 11) is -2.21. The van der Waals surface area contributed by atoms with E-state index in [-0.39, 0.29) is 28.9 Å². The van der Waals surface area contributed by atoms with Crippen LogP contribution in [0.5, 0.6) is 5.75 Å². The van der Waals surface area contributed by atoms with E-state index in [0.29, 0.717) is 50.1 Å². The van der Waals surface area contributed by atoms with E-state index >= 15 is 0 Å². The number of carbonyl (C=O) groups is 3. The van der Waals surface area contributed by atoms with Crippen LogP contribution in [0.25, 0.3) is 11.1 Å². The van der Waals surface area contributed by atoms with Gasteiger partial charge in [0.25, 0.3) is 0 Å². The molecule has 1 heterocycles. The Balaban J connectivity index is 1.11. The summed E-state index contributed by atoms with van der Waals surface area (Å²) >= 11 is 0. The number of para-hydroxylation sites is 1. The molecule has 1 atom stereocenters. The van der Waals surface area contributed by atoms with Gasteiger partial charge in [-0.1, -0.05) is 75.4 Å². The molecule has 57 heavy (non-hydrogen) atoms. The highest BCUT2D eigenvalue weighted by Gasteiger charge is 2.39. The number of anilines is 3. The van der Waals surface area contributed by atoms with Crippen molar-refractivity contribution in [1.82, 2.24) is 4.90 Å². The highest BCUT2D eigenvalue weighted by atomic mass is 28.4. The van der Waals surface area contributed by atoms with Gasteiger partial charge < -0.3 is 29.8 Å². The molecule has 4 N–H and O–H groups in total. The van der Waals surface area contributed by atoms with Gasteiger partial charge in [-0.3, -0.25) is 19.9 Å². The number of ether oxygens (including phenoxy) is 1. The van der Waals surface area contributed by atoms with E-state index in [1.165, 1.54) is 0 Å². The van der Waals surface area contributed by atoms with Crippen LogP contribution in [-0.2, 0) is 18.8 Å². The maximum absolute atomic E-state index is 13.1. The van der Waals surface area contributed by atoms with Crippen LogP contribution >= 0.6 is 0 Å². The topological polar surface area (TPSA) is 142 Å². The fourth-order valence-electron chi connectivity index (χ4n) is 6.51. The molecule has 3 amide bonds. The number of nitrogens with one attached hydrogen (secondary N) is 3. The molecule has 1 fully saturated rings. The van der Waals surface area contributed by atoms with E-state index < -0.39 is 14.4 Å². The van der Waals surface area contributed by atoms with Gasteiger partial charge in [0.05, 0.1) is 24.0 Å². The second-order valence-electron chi connectivity index (χ2n) is 16.2. The number of phenolic OH excluding ortho intramolecular Hbond substituents is 1. The highest BCUT2D eigenvalue weighted by molar-refractivity contribution is 6.74. The number of nitrogens with zero attached hydrogens (tertiary/aromatic N) is 2. The van der Waals surface area contributed by atoms with Crippen molar-refractivity contribution in [1.29, 1.82) is 0 Å². The minimum Gasteiger partial charge on any atom is -0.506 e. The molecule has 1 saturated heterocycles.